The molecule has 21 heavy (non-hydrogen) atoms. The summed E-state index contributed by atoms with van der Waals surface area (Å²) in [5.41, 5.74) is 0.712. The molecule has 0 heterocycles. The Kier molecular flexibility index (Phi) is 5.18. The van der Waals surface area contributed by atoms with E-state index in [9.17, 15) is 9.36 Å². The smallest absolute Gasteiger partial charge is 0.226 e. The Morgan fingerprint density at radius 1 is 0.952 bits per heavy atom. The number of ether oxygens (including phenoxy) is 2. The molecule has 0 N–H and O–H groups in total. The Bertz CT molecular complexity index is 630. The molecule has 1 atom stereocenters. The van der Waals surface area contributed by atoms with Crippen LogP contribution in [0.4, 0.5) is 0 Å². The van der Waals surface area contributed by atoms with E-state index in [1.54, 1.807) is 18.2 Å². The number of carbonyl (C=O) groups is 1. The van der Waals surface area contributed by atoms with Gasteiger partial charge in [0, 0.05) is 6.16 Å². The van der Waals surface area contributed by atoms with E-state index in [0.29, 0.717) is 11.5 Å². The molecule has 0 aliphatic rings. The predicted molar refractivity (Wildman–Crippen MR) is 83.0 cm³/mol. The van der Waals surface area contributed by atoms with E-state index in [1.165, 1.54) is 14.2 Å². The summed E-state index contributed by atoms with van der Waals surface area (Å²) in [4.78, 5) is 12.5. The molecular weight excluding hydrogens is 287 g/mol. The van der Waals surface area contributed by atoms with Crippen LogP contribution in [0.3, 0.4) is 0 Å². The molecule has 0 aromatic heterocycles. The average Bonchev–Trinajstić information content (AvgIpc) is 2.54. The first-order chi connectivity index (χ1) is 10.2. The van der Waals surface area contributed by atoms with Crippen molar-refractivity contribution >= 4 is 13.3 Å². The number of benzene rings is 2. The molecule has 2 aromatic carbocycles. The van der Waals surface area contributed by atoms with E-state index in [0.717, 1.165) is 5.56 Å². The quantitative estimate of drug-likeness (QED) is 0.765. The predicted octanol–water partition coefficient (Wildman–Crippen LogP) is 3.60. The van der Waals surface area contributed by atoms with Crippen LogP contribution in [0.1, 0.15) is 15.9 Å². The first-order valence-electron chi connectivity index (χ1n) is 6.49. The summed E-state index contributed by atoms with van der Waals surface area (Å²) in [7, 11) is 0.460. The van der Waals surface area contributed by atoms with Crippen molar-refractivity contribution in [3.8, 4) is 11.5 Å². The van der Waals surface area contributed by atoms with E-state index in [2.05, 4.69) is 0 Å². The molecule has 0 radical (unpaired) electrons. The van der Waals surface area contributed by atoms with Gasteiger partial charge in [-0.1, -0.05) is 36.4 Å². The van der Waals surface area contributed by atoms with Crippen molar-refractivity contribution in [3.63, 3.8) is 0 Å². The highest BCUT2D eigenvalue weighted by molar-refractivity contribution is 7.63. The molecule has 0 aliphatic heterocycles. The zero-order chi connectivity index (χ0) is 15.2. The number of rotatable bonds is 6. The Balaban J connectivity index is 2.29. The minimum absolute atomic E-state index is 0.242. The van der Waals surface area contributed by atoms with Crippen LogP contribution < -0.4 is 9.47 Å². The fourth-order valence-electron chi connectivity index (χ4n) is 2.08. The van der Waals surface area contributed by atoms with Gasteiger partial charge in [0.1, 0.15) is 24.9 Å². The first-order valence-corrected chi connectivity index (χ1v) is 8.11. The van der Waals surface area contributed by atoms with Crippen molar-refractivity contribution < 1.29 is 18.8 Å². The highest BCUT2D eigenvalue weighted by atomic mass is 31.1. The van der Waals surface area contributed by atoms with Gasteiger partial charge in [-0.3, -0.25) is 4.79 Å². The number of hydrogen-bond acceptors (Lipinski definition) is 4. The molecule has 0 fully saturated rings. The maximum atomic E-state index is 12.5. The largest absolute Gasteiger partial charge is 0.496 e. The summed E-state index contributed by atoms with van der Waals surface area (Å²) < 4.78 is 22.7. The van der Waals surface area contributed by atoms with E-state index in [1.807, 2.05) is 30.3 Å². The van der Waals surface area contributed by atoms with Gasteiger partial charge in [0.2, 0.25) is 5.52 Å². The minimum atomic E-state index is -2.48. The first kappa shape index (κ1) is 15.3. The van der Waals surface area contributed by atoms with Gasteiger partial charge in [0.25, 0.3) is 0 Å². The molecule has 0 saturated carbocycles. The summed E-state index contributed by atoms with van der Waals surface area (Å²) in [6, 6.07) is 14.4. The number of methoxy groups -OCH3 is 2. The van der Waals surface area contributed by atoms with Crippen molar-refractivity contribution in [3.05, 3.63) is 59.7 Å². The highest BCUT2D eigenvalue weighted by Gasteiger charge is 2.23. The Hall–Kier alpha value is -2.06. The second-order valence-electron chi connectivity index (χ2n) is 4.45. The van der Waals surface area contributed by atoms with Crippen LogP contribution in [-0.4, -0.2) is 19.7 Å². The maximum absolute atomic E-state index is 12.5. The normalized spacial score (nSPS) is 11.7. The average molecular weight is 304 g/mol. The lowest BCUT2D eigenvalue weighted by atomic mass is 10.2. The van der Waals surface area contributed by atoms with Gasteiger partial charge in [-0.15, -0.1) is 0 Å². The fraction of sp³-hybridized carbons (Fsp3) is 0.188. The Labute approximate surface area is 124 Å². The zero-order valence-corrected chi connectivity index (χ0v) is 13.0. The van der Waals surface area contributed by atoms with Crippen molar-refractivity contribution in [1.82, 2.24) is 0 Å². The monoisotopic (exact) mass is 304 g/mol. The molecule has 0 spiro atoms. The summed E-state index contributed by atoms with van der Waals surface area (Å²) in [5.74, 6) is 0.761. The van der Waals surface area contributed by atoms with Gasteiger partial charge in [0.15, 0.2) is 0 Å². The minimum Gasteiger partial charge on any atom is -0.496 e. The molecular formula is C16H17O4P. The summed E-state index contributed by atoms with van der Waals surface area (Å²) in [6.45, 7) is 0. The van der Waals surface area contributed by atoms with Gasteiger partial charge >= 0.3 is 0 Å². The van der Waals surface area contributed by atoms with E-state index >= 15 is 0 Å². The van der Waals surface area contributed by atoms with Gasteiger partial charge in [-0.25, -0.2) is 0 Å². The van der Waals surface area contributed by atoms with Crippen molar-refractivity contribution in [2.24, 2.45) is 0 Å². The standard InChI is InChI=1S/C16H17O4P/c1-19-13-9-6-10-14(20-2)15(13)16(17)21(18)11-12-7-4-3-5-8-12/h3-10,21H,11H2,1-2H3. The van der Waals surface area contributed by atoms with Crippen molar-refractivity contribution in [1.29, 1.82) is 0 Å². The third-order valence-electron chi connectivity index (χ3n) is 3.12. The third-order valence-corrected chi connectivity index (χ3v) is 4.60. The molecule has 2 aromatic rings. The molecule has 5 heteroatoms. The van der Waals surface area contributed by atoms with Crippen LogP contribution in [0, 0.1) is 0 Å². The third kappa shape index (κ3) is 3.53. The molecule has 4 nitrogen and oxygen atoms in total. The summed E-state index contributed by atoms with van der Waals surface area (Å²) in [6.07, 6.45) is 0.242. The topological polar surface area (TPSA) is 52.6 Å². The second kappa shape index (κ2) is 7.09. The molecule has 2 rings (SSSR count). The van der Waals surface area contributed by atoms with Crippen LogP contribution in [0.15, 0.2) is 48.5 Å². The van der Waals surface area contributed by atoms with Crippen molar-refractivity contribution in [2.75, 3.05) is 14.2 Å². The molecule has 110 valence electrons. The molecule has 1 unspecified atom stereocenters. The van der Waals surface area contributed by atoms with Crippen molar-refractivity contribution in [2.45, 2.75) is 6.16 Å². The van der Waals surface area contributed by atoms with E-state index in [4.69, 9.17) is 9.47 Å². The van der Waals surface area contributed by atoms with Gasteiger partial charge in [-0.05, 0) is 17.7 Å². The zero-order valence-electron chi connectivity index (χ0n) is 12.0. The van der Waals surface area contributed by atoms with Crippen LogP contribution in [0.25, 0.3) is 0 Å². The lowest BCUT2D eigenvalue weighted by Gasteiger charge is -2.11. The van der Waals surface area contributed by atoms with Crippen LogP contribution >= 0.6 is 7.80 Å². The second-order valence-corrected chi connectivity index (χ2v) is 6.11. The maximum Gasteiger partial charge on any atom is 0.226 e. The Morgan fingerprint density at radius 2 is 1.52 bits per heavy atom. The lowest BCUT2D eigenvalue weighted by molar-refractivity contribution is 0.107. The molecule has 0 bridgehead atoms. The number of carbonyl (C=O) groups excluding carboxylic acids is 1. The van der Waals surface area contributed by atoms with Crippen LogP contribution in [0.5, 0.6) is 11.5 Å². The molecule has 0 aliphatic carbocycles. The molecule has 0 saturated heterocycles. The summed E-state index contributed by atoms with van der Waals surface area (Å²) in [5, 5.41) is 0. The van der Waals surface area contributed by atoms with Crippen LogP contribution in [0.2, 0.25) is 0 Å². The highest BCUT2D eigenvalue weighted by Crippen LogP contribution is 2.39. The Morgan fingerprint density at radius 3 is 2.05 bits per heavy atom. The van der Waals surface area contributed by atoms with E-state index < -0.39 is 13.3 Å². The lowest BCUT2D eigenvalue weighted by Crippen LogP contribution is -2.02. The van der Waals surface area contributed by atoms with E-state index in [-0.39, 0.29) is 11.7 Å². The van der Waals surface area contributed by atoms with Crippen LogP contribution in [-0.2, 0) is 10.7 Å². The van der Waals surface area contributed by atoms with Gasteiger partial charge in [0.05, 0.1) is 14.2 Å². The SMILES string of the molecule is COc1cccc(OC)c1C(=O)[PH](=O)Cc1ccccc1. The molecule has 0 amide bonds. The summed E-state index contributed by atoms with van der Waals surface area (Å²) >= 11 is 0. The van der Waals surface area contributed by atoms with Gasteiger partial charge < -0.3 is 14.0 Å². The number of hydrogen-bond donors (Lipinski definition) is 0. The van der Waals surface area contributed by atoms with Gasteiger partial charge in [-0.2, -0.15) is 0 Å². The fourth-order valence-corrected chi connectivity index (χ4v) is 3.37.